The van der Waals surface area contributed by atoms with Crippen LogP contribution in [0.2, 0.25) is 0 Å². The summed E-state index contributed by atoms with van der Waals surface area (Å²) < 4.78 is 0. The molecule has 0 fully saturated rings. The Bertz CT molecular complexity index is 325. The van der Waals surface area contributed by atoms with Crippen molar-refractivity contribution >= 4 is 5.71 Å². The van der Waals surface area contributed by atoms with Crippen molar-refractivity contribution in [3.63, 3.8) is 0 Å². The van der Waals surface area contributed by atoms with Gasteiger partial charge < -0.3 is 0 Å². The molecule has 0 aliphatic heterocycles. The molecule has 88 valence electrons. The lowest BCUT2D eigenvalue weighted by molar-refractivity contribution is 0.659. The minimum Gasteiger partial charge on any atom is -0.286 e. The van der Waals surface area contributed by atoms with E-state index in [1.54, 1.807) is 0 Å². The maximum Gasteiger partial charge on any atom is 0.0745 e. The zero-order valence-electron chi connectivity index (χ0n) is 10.9. The summed E-state index contributed by atoms with van der Waals surface area (Å²) in [5.41, 5.74) is 2.60. The van der Waals surface area contributed by atoms with Crippen LogP contribution >= 0.6 is 0 Å². The second-order valence-corrected chi connectivity index (χ2v) is 4.80. The minimum atomic E-state index is 0.333. The van der Waals surface area contributed by atoms with Crippen LogP contribution in [0.5, 0.6) is 0 Å². The van der Waals surface area contributed by atoms with Crippen molar-refractivity contribution in [3.8, 4) is 0 Å². The van der Waals surface area contributed by atoms with Crippen LogP contribution in [0.1, 0.15) is 52.1 Å². The lowest BCUT2D eigenvalue weighted by Crippen LogP contribution is -2.02. The Balaban J connectivity index is 2.76. The minimum absolute atomic E-state index is 0.333. The van der Waals surface area contributed by atoms with Crippen molar-refractivity contribution in [2.45, 2.75) is 46.6 Å². The average Bonchev–Trinajstić information content (AvgIpc) is 2.26. The van der Waals surface area contributed by atoms with Gasteiger partial charge in [0, 0.05) is 5.71 Å². The molecule has 1 rings (SSSR count). The molecule has 16 heavy (non-hydrogen) atoms. The molecule has 0 aliphatic carbocycles. The normalized spacial score (nSPS) is 14.2. The van der Waals surface area contributed by atoms with Crippen LogP contribution in [0.15, 0.2) is 35.3 Å². The van der Waals surface area contributed by atoms with Crippen LogP contribution in [0.4, 0.5) is 0 Å². The van der Waals surface area contributed by atoms with E-state index in [0.717, 1.165) is 12.8 Å². The molecule has 1 aromatic carbocycles. The standard InChI is InChI=1S/C15H23N/c1-5-15(14-9-7-6-8-10-14)16-13(4)11-12(2)3/h6-10,12,15H,5,11H2,1-4H3. The molecule has 0 aliphatic rings. The third-order valence-electron chi connectivity index (χ3n) is 2.65. The Labute approximate surface area is 99.6 Å². The first-order chi connectivity index (χ1) is 7.63. The lowest BCUT2D eigenvalue weighted by atomic mass is 10.0. The molecule has 0 aromatic heterocycles. The summed E-state index contributed by atoms with van der Waals surface area (Å²) in [7, 11) is 0. The molecule has 1 aromatic rings. The fourth-order valence-corrected chi connectivity index (χ4v) is 1.99. The number of nitrogens with zero attached hydrogens (tertiary/aromatic N) is 1. The summed E-state index contributed by atoms with van der Waals surface area (Å²) in [5, 5.41) is 0. The molecule has 0 bridgehead atoms. The van der Waals surface area contributed by atoms with E-state index in [4.69, 9.17) is 4.99 Å². The number of hydrogen-bond acceptors (Lipinski definition) is 1. The Kier molecular flexibility index (Phi) is 5.24. The van der Waals surface area contributed by atoms with Crippen molar-refractivity contribution in [1.82, 2.24) is 0 Å². The quantitative estimate of drug-likeness (QED) is 0.637. The molecular weight excluding hydrogens is 194 g/mol. The molecule has 0 spiro atoms. The van der Waals surface area contributed by atoms with Crippen molar-refractivity contribution in [1.29, 1.82) is 0 Å². The molecule has 1 unspecified atom stereocenters. The summed E-state index contributed by atoms with van der Waals surface area (Å²) in [6.45, 7) is 8.82. The van der Waals surface area contributed by atoms with Crippen LogP contribution in [-0.4, -0.2) is 5.71 Å². The highest BCUT2D eigenvalue weighted by atomic mass is 14.8. The van der Waals surface area contributed by atoms with Crippen molar-refractivity contribution < 1.29 is 0 Å². The Morgan fingerprint density at radius 1 is 1.19 bits per heavy atom. The van der Waals surface area contributed by atoms with Gasteiger partial charge in [-0.3, -0.25) is 4.99 Å². The predicted molar refractivity (Wildman–Crippen MR) is 72.0 cm³/mol. The summed E-state index contributed by atoms with van der Waals surface area (Å²) in [6, 6.07) is 10.9. The topological polar surface area (TPSA) is 12.4 Å². The van der Waals surface area contributed by atoms with Gasteiger partial charge >= 0.3 is 0 Å². The van der Waals surface area contributed by atoms with Crippen molar-refractivity contribution in [3.05, 3.63) is 35.9 Å². The second-order valence-electron chi connectivity index (χ2n) is 4.80. The predicted octanol–water partition coefficient (Wildman–Crippen LogP) is 4.64. The summed E-state index contributed by atoms with van der Waals surface area (Å²) in [4.78, 5) is 4.82. The Hall–Kier alpha value is -1.11. The highest BCUT2D eigenvalue weighted by molar-refractivity contribution is 5.82. The van der Waals surface area contributed by atoms with Gasteiger partial charge in [-0.2, -0.15) is 0 Å². The molecule has 1 atom stereocenters. The van der Waals surface area contributed by atoms with Crippen LogP contribution < -0.4 is 0 Å². The third-order valence-corrected chi connectivity index (χ3v) is 2.65. The molecule has 0 saturated heterocycles. The van der Waals surface area contributed by atoms with Crippen LogP contribution in [0.3, 0.4) is 0 Å². The largest absolute Gasteiger partial charge is 0.286 e. The third kappa shape index (κ3) is 4.18. The number of rotatable bonds is 5. The second kappa shape index (κ2) is 6.47. The molecule has 0 heterocycles. The number of benzene rings is 1. The maximum atomic E-state index is 4.82. The van der Waals surface area contributed by atoms with Crippen LogP contribution in [0.25, 0.3) is 0 Å². The molecular formula is C15H23N. The van der Waals surface area contributed by atoms with E-state index in [-0.39, 0.29) is 0 Å². The van der Waals surface area contributed by atoms with E-state index in [9.17, 15) is 0 Å². The van der Waals surface area contributed by atoms with Gasteiger partial charge in [0.1, 0.15) is 0 Å². The molecule has 0 N–H and O–H groups in total. The highest BCUT2D eigenvalue weighted by Gasteiger charge is 2.07. The van der Waals surface area contributed by atoms with Crippen LogP contribution in [-0.2, 0) is 0 Å². The SMILES string of the molecule is CCC(N=C(C)CC(C)C)c1ccccc1. The van der Waals surface area contributed by atoms with Gasteiger partial charge in [0.15, 0.2) is 0 Å². The summed E-state index contributed by atoms with van der Waals surface area (Å²) in [6.07, 6.45) is 2.17. The number of aliphatic imine (C=N–C) groups is 1. The first-order valence-corrected chi connectivity index (χ1v) is 6.21. The van der Waals surface area contributed by atoms with Gasteiger partial charge in [0.2, 0.25) is 0 Å². The van der Waals surface area contributed by atoms with E-state index in [0.29, 0.717) is 12.0 Å². The van der Waals surface area contributed by atoms with Gasteiger partial charge in [-0.15, -0.1) is 0 Å². The van der Waals surface area contributed by atoms with Gasteiger partial charge in [0.05, 0.1) is 6.04 Å². The fourth-order valence-electron chi connectivity index (χ4n) is 1.99. The fraction of sp³-hybridized carbons (Fsp3) is 0.533. The molecule has 0 saturated carbocycles. The Morgan fingerprint density at radius 3 is 2.31 bits per heavy atom. The van der Waals surface area contributed by atoms with E-state index >= 15 is 0 Å². The number of hydrogen-bond donors (Lipinski definition) is 0. The molecule has 0 amide bonds. The van der Waals surface area contributed by atoms with Gasteiger partial charge in [-0.05, 0) is 31.2 Å². The molecule has 1 nitrogen and oxygen atoms in total. The lowest BCUT2D eigenvalue weighted by Gasteiger charge is -2.13. The van der Waals surface area contributed by atoms with E-state index in [2.05, 4.69) is 58.0 Å². The Morgan fingerprint density at radius 2 is 1.81 bits per heavy atom. The van der Waals surface area contributed by atoms with Gasteiger partial charge in [-0.1, -0.05) is 51.1 Å². The van der Waals surface area contributed by atoms with E-state index < -0.39 is 0 Å². The van der Waals surface area contributed by atoms with Crippen molar-refractivity contribution in [2.75, 3.05) is 0 Å². The molecule has 0 radical (unpaired) electrons. The highest BCUT2D eigenvalue weighted by Crippen LogP contribution is 2.21. The van der Waals surface area contributed by atoms with E-state index in [1.807, 2.05) is 0 Å². The van der Waals surface area contributed by atoms with E-state index in [1.165, 1.54) is 11.3 Å². The average molecular weight is 217 g/mol. The smallest absolute Gasteiger partial charge is 0.0745 e. The first kappa shape index (κ1) is 13.0. The first-order valence-electron chi connectivity index (χ1n) is 6.21. The zero-order chi connectivity index (χ0) is 12.0. The zero-order valence-corrected chi connectivity index (χ0v) is 10.9. The maximum absolute atomic E-state index is 4.82. The van der Waals surface area contributed by atoms with Crippen LogP contribution in [0, 0.1) is 5.92 Å². The van der Waals surface area contributed by atoms with Gasteiger partial charge in [0.25, 0.3) is 0 Å². The summed E-state index contributed by atoms with van der Waals surface area (Å²) >= 11 is 0. The summed E-state index contributed by atoms with van der Waals surface area (Å²) in [5.74, 6) is 0.692. The van der Waals surface area contributed by atoms with Crippen molar-refractivity contribution in [2.24, 2.45) is 10.9 Å². The monoisotopic (exact) mass is 217 g/mol. The van der Waals surface area contributed by atoms with Gasteiger partial charge in [-0.25, -0.2) is 0 Å². The molecule has 1 heteroatoms.